The van der Waals surface area contributed by atoms with Crippen LogP contribution in [0.3, 0.4) is 0 Å². The van der Waals surface area contributed by atoms with Crippen molar-refractivity contribution < 1.29 is 9.53 Å². The lowest BCUT2D eigenvalue weighted by Crippen LogP contribution is -2.24. The van der Waals surface area contributed by atoms with Crippen LogP contribution in [0.2, 0.25) is 0 Å². The zero-order valence-electron chi connectivity index (χ0n) is 15.7. The Kier molecular flexibility index (Phi) is 6.84. The maximum Gasteiger partial charge on any atom is 0.263 e. The summed E-state index contributed by atoms with van der Waals surface area (Å²) in [7, 11) is 0. The first kappa shape index (κ1) is 19.2. The Hall–Kier alpha value is -3.55. The molecule has 0 fully saturated rings. The molecule has 8 heteroatoms. The molecule has 0 radical (unpaired) electrons. The maximum atomic E-state index is 12.0. The van der Waals surface area contributed by atoms with Gasteiger partial charge in [-0.25, -0.2) is 5.43 Å². The van der Waals surface area contributed by atoms with Crippen LogP contribution >= 0.6 is 0 Å². The normalized spacial score (nSPS) is 10.9. The summed E-state index contributed by atoms with van der Waals surface area (Å²) < 4.78 is 5.61. The third-order valence-corrected chi connectivity index (χ3v) is 3.82. The summed E-state index contributed by atoms with van der Waals surface area (Å²) >= 11 is 0. The Morgan fingerprint density at radius 2 is 1.96 bits per heavy atom. The molecule has 3 aromatic rings. The number of amides is 1. The van der Waals surface area contributed by atoms with Crippen molar-refractivity contribution in [2.75, 3.05) is 6.61 Å². The van der Waals surface area contributed by atoms with Crippen LogP contribution in [0.25, 0.3) is 11.4 Å². The summed E-state index contributed by atoms with van der Waals surface area (Å²) in [6.45, 7) is 2.77. The summed E-state index contributed by atoms with van der Waals surface area (Å²) in [5.74, 6) is 0.951. The highest BCUT2D eigenvalue weighted by Crippen LogP contribution is 2.12. The largest absolute Gasteiger partial charge is 0.494 e. The van der Waals surface area contributed by atoms with Crippen LogP contribution in [0.5, 0.6) is 5.75 Å². The van der Waals surface area contributed by atoms with Crippen molar-refractivity contribution in [2.45, 2.75) is 26.3 Å². The van der Waals surface area contributed by atoms with Crippen molar-refractivity contribution in [3.05, 3.63) is 60.2 Å². The van der Waals surface area contributed by atoms with E-state index in [2.05, 4.69) is 32.9 Å². The predicted octanol–water partition coefficient (Wildman–Crippen LogP) is 2.67. The number of benzene rings is 2. The molecule has 0 aliphatic carbocycles. The van der Waals surface area contributed by atoms with E-state index in [0.717, 1.165) is 29.7 Å². The molecular formula is C20H22N6O2. The fraction of sp³-hybridized carbons (Fsp3) is 0.250. The van der Waals surface area contributed by atoms with E-state index in [-0.39, 0.29) is 12.5 Å². The summed E-state index contributed by atoms with van der Waals surface area (Å²) in [6.07, 6.45) is 3.70. The molecule has 0 aliphatic rings. The number of rotatable bonds is 9. The lowest BCUT2D eigenvalue weighted by molar-refractivity contribution is -0.122. The SMILES string of the molecule is CCCCOc1ccc(/C=N\NC(=O)Cn2nnc(-c3ccccc3)n2)cc1. The highest BCUT2D eigenvalue weighted by molar-refractivity contribution is 5.82. The van der Waals surface area contributed by atoms with Crippen molar-refractivity contribution in [2.24, 2.45) is 5.10 Å². The molecule has 1 heterocycles. The van der Waals surface area contributed by atoms with E-state index < -0.39 is 0 Å². The smallest absolute Gasteiger partial charge is 0.263 e. The Labute approximate surface area is 163 Å². The molecule has 0 spiro atoms. The second-order valence-corrected chi connectivity index (χ2v) is 6.07. The molecule has 8 nitrogen and oxygen atoms in total. The van der Waals surface area contributed by atoms with Crippen molar-refractivity contribution >= 4 is 12.1 Å². The Balaban J connectivity index is 1.47. The van der Waals surface area contributed by atoms with Gasteiger partial charge in [-0.3, -0.25) is 4.79 Å². The van der Waals surface area contributed by atoms with E-state index in [1.54, 1.807) is 6.21 Å². The van der Waals surface area contributed by atoms with Gasteiger partial charge in [0.05, 0.1) is 12.8 Å². The minimum atomic E-state index is -0.340. The predicted molar refractivity (Wildman–Crippen MR) is 106 cm³/mol. The zero-order valence-corrected chi connectivity index (χ0v) is 15.7. The lowest BCUT2D eigenvalue weighted by Gasteiger charge is -2.04. The van der Waals surface area contributed by atoms with Gasteiger partial charge in [0, 0.05) is 5.56 Å². The third-order valence-electron chi connectivity index (χ3n) is 3.82. The van der Waals surface area contributed by atoms with Crippen LogP contribution in [-0.4, -0.2) is 38.9 Å². The number of hydrogen-bond acceptors (Lipinski definition) is 6. The van der Waals surface area contributed by atoms with Gasteiger partial charge in [-0.2, -0.15) is 9.90 Å². The Morgan fingerprint density at radius 1 is 1.18 bits per heavy atom. The Bertz CT molecular complexity index is 906. The van der Waals surface area contributed by atoms with Crippen LogP contribution in [0.1, 0.15) is 25.3 Å². The molecule has 2 aromatic carbocycles. The topological polar surface area (TPSA) is 94.3 Å². The van der Waals surface area contributed by atoms with Gasteiger partial charge in [0.15, 0.2) is 0 Å². The number of nitrogens with one attached hydrogen (secondary N) is 1. The van der Waals surface area contributed by atoms with Crippen LogP contribution in [-0.2, 0) is 11.3 Å². The van der Waals surface area contributed by atoms with Gasteiger partial charge < -0.3 is 4.74 Å². The maximum absolute atomic E-state index is 12.0. The van der Waals surface area contributed by atoms with Gasteiger partial charge in [-0.15, -0.1) is 10.2 Å². The average molecular weight is 378 g/mol. The van der Waals surface area contributed by atoms with Crippen molar-refractivity contribution in [3.63, 3.8) is 0 Å². The van der Waals surface area contributed by atoms with Gasteiger partial charge in [-0.1, -0.05) is 43.7 Å². The number of unbranched alkanes of at least 4 members (excludes halogenated alkanes) is 1. The van der Waals surface area contributed by atoms with Crippen molar-refractivity contribution in [1.29, 1.82) is 0 Å². The first-order chi connectivity index (χ1) is 13.7. The summed E-state index contributed by atoms with van der Waals surface area (Å²) in [5.41, 5.74) is 4.15. The number of hydrogen-bond donors (Lipinski definition) is 1. The van der Waals surface area contributed by atoms with Gasteiger partial charge in [0.1, 0.15) is 12.3 Å². The van der Waals surface area contributed by atoms with E-state index in [4.69, 9.17) is 4.74 Å². The third kappa shape index (κ3) is 5.73. The molecule has 0 bridgehead atoms. The molecule has 1 aromatic heterocycles. The highest BCUT2D eigenvalue weighted by Gasteiger charge is 2.08. The fourth-order valence-electron chi connectivity index (χ4n) is 2.34. The lowest BCUT2D eigenvalue weighted by atomic mass is 10.2. The van der Waals surface area contributed by atoms with Gasteiger partial charge in [0.25, 0.3) is 5.91 Å². The first-order valence-electron chi connectivity index (χ1n) is 9.12. The zero-order chi connectivity index (χ0) is 19.6. The summed E-state index contributed by atoms with van der Waals surface area (Å²) in [6, 6.07) is 17.0. The summed E-state index contributed by atoms with van der Waals surface area (Å²) in [5, 5.41) is 16.0. The summed E-state index contributed by atoms with van der Waals surface area (Å²) in [4.78, 5) is 13.2. The molecule has 0 unspecified atom stereocenters. The number of ether oxygens (including phenoxy) is 1. The van der Waals surface area contributed by atoms with E-state index in [9.17, 15) is 4.79 Å². The fourth-order valence-corrected chi connectivity index (χ4v) is 2.34. The number of aromatic nitrogens is 4. The van der Waals surface area contributed by atoms with E-state index in [1.807, 2.05) is 54.6 Å². The Morgan fingerprint density at radius 3 is 2.71 bits per heavy atom. The van der Waals surface area contributed by atoms with Gasteiger partial charge in [0.2, 0.25) is 5.82 Å². The minimum Gasteiger partial charge on any atom is -0.494 e. The molecule has 3 rings (SSSR count). The number of tetrazole rings is 1. The molecule has 144 valence electrons. The quantitative estimate of drug-likeness (QED) is 0.351. The van der Waals surface area contributed by atoms with Gasteiger partial charge in [-0.05, 0) is 41.5 Å². The number of carbonyl (C=O) groups excluding carboxylic acids is 1. The van der Waals surface area contributed by atoms with E-state index in [1.165, 1.54) is 4.80 Å². The molecule has 0 atom stereocenters. The number of hydrazone groups is 1. The molecule has 1 amide bonds. The highest BCUT2D eigenvalue weighted by atomic mass is 16.5. The average Bonchev–Trinajstić information content (AvgIpc) is 3.18. The molecule has 0 saturated carbocycles. The first-order valence-corrected chi connectivity index (χ1v) is 9.12. The standard InChI is InChI=1S/C20H22N6O2/c1-2-3-13-28-18-11-9-16(10-12-18)14-21-22-19(27)15-26-24-20(23-25-26)17-7-5-4-6-8-17/h4-12,14H,2-3,13,15H2,1H3,(H,22,27)/b21-14-. The monoisotopic (exact) mass is 378 g/mol. The van der Waals surface area contributed by atoms with E-state index >= 15 is 0 Å². The second kappa shape index (κ2) is 9.96. The van der Waals surface area contributed by atoms with Gasteiger partial charge >= 0.3 is 0 Å². The molecular weight excluding hydrogens is 356 g/mol. The second-order valence-electron chi connectivity index (χ2n) is 6.07. The minimum absolute atomic E-state index is 0.0681. The van der Waals surface area contributed by atoms with Crippen molar-refractivity contribution in [1.82, 2.24) is 25.6 Å². The van der Waals surface area contributed by atoms with Crippen LogP contribution < -0.4 is 10.2 Å². The molecule has 1 N–H and O–H groups in total. The molecule has 0 aliphatic heterocycles. The van der Waals surface area contributed by atoms with Crippen LogP contribution in [0, 0.1) is 0 Å². The van der Waals surface area contributed by atoms with E-state index in [0.29, 0.717) is 12.4 Å². The molecule has 0 saturated heterocycles. The van der Waals surface area contributed by atoms with Crippen LogP contribution in [0.15, 0.2) is 59.7 Å². The number of nitrogens with zero attached hydrogens (tertiary/aromatic N) is 5. The van der Waals surface area contributed by atoms with Crippen LogP contribution in [0.4, 0.5) is 0 Å². The number of carbonyl (C=O) groups is 1. The van der Waals surface area contributed by atoms with Crippen molar-refractivity contribution in [3.8, 4) is 17.1 Å². The molecule has 28 heavy (non-hydrogen) atoms.